The fourth-order valence-corrected chi connectivity index (χ4v) is 3.07. The number of hydrogen-bond acceptors (Lipinski definition) is 2. The van der Waals surface area contributed by atoms with Crippen LogP contribution in [0.2, 0.25) is 5.02 Å². The highest BCUT2D eigenvalue weighted by atomic mass is 35.5. The molecule has 0 spiro atoms. The number of benzene rings is 1. The van der Waals surface area contributed by atoms with Gasteiger partial charge in [-0.2, -0.15) is 0 Å². The molecule has 0 amide bonds. The summed E-state index contributed by atoms with van der Waals surface area (Å²) in [6.45, 7) is 5.80. The van der Waals surface area contributed by atoms with E-state index in [0.717, 1.165) is 26.1 Å². The second-order valence-electron chi connectivity index (χ2n) is 5.58. The maximum absolute atomic E-state index is 13.9. The third kappa shape index (κ3) is 4.44. The summed E-state index contributed by atoms with van der Waals surface area (Å²) in [5.41, 5.74) is 0.624. The number of halogens is 2. The van der Waals surface area contributed by atoms with Gasteiger partial charge >= 0.3 is 0 Å². The van der Waals surface area contributed by atoms with Gasteiger partial charge in [0.25, 0.3) is 0 Å². The van der Waals surface area contributed by atoms with Crippen molar-refractivity contribution in [1.82, 2.24) is 10.2 Å². The summed E-state index contributed by atoms with van der Waals surface area (Å²) < 4.78 is 13.9. The van der Waals surface area contributed by atoms with Gasteiger partial charge < -0.3 is 5.32 Å². The lowest BCUT2D eigenvalue weighted by molar-refractivity contribution is 0.215. The average molecular weight is 299 g/mol. The Kier molecular flexibility index (Phi) is 6.27. The Balaban J connectivity index is 2.00. The summed E-state index contributed by atoms with van der Waals surface area (Å²) in [5.74, 6) is -0.199. The van der Waals surface area contributed by atoms with Gasteiger partial charge in [0.15, 0.2) is 0 Å². The standard InChI is InChI=1S/C16H24ClFN2/c1-2-10-20(11-13-6-3-4-9-19-13)12-14-15(17)7-5-8-16(14)18/h5,7-8,13,19H,2-4,6,9-12H2,1H3. The number of nitrogens with zero attached hydrogens (tertiary/aromatic N) is 1. The van der Waals surface area contributed by atoms with Crippen LogP contribution >= 0.6 is 11.6 Å². The molecule has 0 bridgehead atoms. The lowest BCUT2D eigenvalue weighted by atomic mass is 10.0. The molecule has 1 aliphatic rings. The predicted molar refractivity (Wildman–Crippen MR) is 82.6 cm³/mol. The van der Waals surface area contributed by atoms with Crippen molar-refractivity contribution < 1.29 is 4.39 Å². The topological polar surface area (TPSA) is 15.3 Å². The maximum atomic E-state index is 13.9. The maximum Gasteiger partial charge on any atom is 0.129 e. The summed E-state index contributed by atoms with van der Waals surface area (Å²) >= 11 is 6.13. The van der Waals surface area contributed by atoms with Crippen LogP contribution in [-0.4, -0.2) is 30.6 Å². The highest BCUT2D eigenvalue weighted by Crippen LogP contribution is 2.21. The van der Waals surface area contributed by atoms with E-state index in [4.69, 9.17) is 11.6 Å². The molecular weight excluding hydrogens is 275 g/mol. The van der Waals surface area contributed by atoms with Crippen LogP contribution in [0.1, 0.15) is 38.2 Å². The van der Waals surface area contributed by atoms with Gasteiger partial charge in [0.05, 0.1) is 0 Å². The fraction of sp³-hybridized carbons (Fsp3) is 0.625. The molecule has 1 aliphatic heterocycles. The number of nitrogens with one attached hydrogen (secondary N) is 1. The fourth-order valence-electron chi connectivity index (χ4n) is 2.85. The zero-order valence-corrected chi connectivity index (χ0v) is 12.9. The van der Waals surface area contributed by atoms with Crippen LogP contribution in [0.3, 0.4) is 0 Å². The van der Waals surface area contributed by atoms with E-state index in [1.807, 2.05) is 0 Å². The molecule has 1 aromatic carbocycles. The normalized spacial score (nSPS) is 19.5. The molecule has 112 valence electrons. The van der Waals surface area contributed by atoms with Crippen molar-refractivity contribution >= 4 is 11.6 Å². The monoisotopic (exact) mass is 298 g/mol. The highest BCUT2D eigenvalue weighted by molar-refractivity contribution is 6.31. The summed E-state index contributed by atoms with van der Waals surface area (Å²) in [6.07, 6.45) is 4.84. The third-order valence-electron chi connectivity index (χ3n) is 3.87. The van der Waals surface area contributed by atoms with E-state index < -0.39 is 0 Å². The van der Waals surface area contributed by atoms with Gasteiger partial charge in [-0.05, 0) is 44.5 Å². The molecule has 2 rings (SSSR count). The van der Waals surface area contributed by atoms with E-state index in [1.54, 1.807) is 12.1 Å². The molecule has 2 nitrogen and oxygen atoms in total. The molecule has 4 heteroatoms. The highest BCUT2D eigenvalue weighted by Gasteiger charge is 2.18. The first kappa shape index (κ1) is 15.7. The molecule has 0 aromatic heterocycles. The van der Waals surface area contributed by atoms with E-state index in [-0.39, 0.29) is 5.82 Å². The van der Waals surface area contributed by atoms with E-state index >= 15 is 0 Å². The molecule has 20 heavy (non-hydrogen) atoms. The molecule has 0 aliphatic carbocycles. The van der Waals surface area contributed by atoms with Crippen LogP contribution < -0.4 is 5.32 Å². The Hall–Kier alpha value is -0.640. The quantitative estimate of drug-likeness (QED) is 0.858. The minimum atomic E-state index is -0.199. The van der Waals surface area contributed by atoms with Gasteiger partial charge in [0.1, 0.15) is 5.82 Å². The molecule has 1 fully saturated rings. The van der Waals surface area contributed by atoms with Crippen molar-refractivity contribution in [3.05, 3.63) is 34.6 Å². The molecule has 1 aromatic rings. The van der Waals surface area contributed by atoms with Crippen LogP contribution in [0.25, 0.3) is 0 Å². The Morgan fingerprint density at radius 3 is 2.90 bits per heavy atom. The number of hydrogen-bond donors (Lipinski definition) is 1. The first-order valence-corrected chi connectivity index (χ1v) is 7.97. The van der Waals surface area contributed by atoms with Crippen molar-refractivity contribution in [2.24, 2.45) is 0 Å². The first-order valence-electron chi connectivity index (χ1n) is 7.59. The smallest absolute Gasteiger partial charge is 0.129 e. The predicted octanol–water partition coefficient (Wildman–Crippen LogP) is 3.83. The summed E-state index contributed by atoms with van der Waals surface area (Å²) in [7, 11) is 0. The molecule has 1 atom stereocenters. The largest absolute Gasteiger partial charge is 0.313 e. The van der Waals surface area contributed by atoms with E-state index in [0.29, 0.717) is 23.2 Å². The lowest BCUT2D eigenvalue weighted by Crippen LogP contribution is -2.43. The lowest BCUT2D eigenvalue weighted by Gasteiger charge is -2.30. The molecule has 0 radical (unpaired) electrons. The van der Waals surface area contributed by atoms with Gasteiger partial charge in [-0.3, -0.25) is 4.90 Å². The van der Waals surface area contributed by atoms with E-state index in [2.05, 4.69) is 17.1 Å². The van der Waals surface area contributed by atoms with Crippen molar-refractivity contribution in [2.45, 2.75) is 45.2 Å². The average Bonchev–Trinajstić information content (AvgIpc) is 2.44. The van der Waals surface area contributed by atoms with Crippen molar-refractivity contribution in [2.75, 3.05) is 19.6 Å². The minimum Gasteiger partial charge on any atom is -0.313 e. The summed E-state index contributed by atoms with van der Waals surface area (Å²) in [5, 5.41) is 4.08. The van der Waals surface area contributed by atoms with Crippen LogP contribution in [0.15, 0.2) is 18.2 Å². The van der Waals surface area contributed by atoms with Crippen molar-refractivity contribution in [3.8, 4) is 0 Å². The van der Waals surface area contributed by atoms with Crippen LogP contribution in [0, 0.1) is 5.82 Å². The minimum absolute atomic E-state index is 0.199. The molecule has 1 unspecified atom stereocenters. The molecule has 1 heterocycles. The molecule has 1 N–H and O–H groups in total. The second-order valence-corrected chi connectivity index (χ2v) is 5.99. The van der Waals surface area contributed by atoms with Crippen LogP contribution in [0.4, 0.5) is 4.39 Å². The number of rotatable bonds is 6. The van der Waals surface area contributed by atoms with Crippen LogP contribution in [-0.2, 0) is 6.54 Å². The SMILES string of the molecule is CCCN(Cc1c(F)cccc1Cl)CC1CCCCN1. The van der Waals surface area contributed by atoms with E-state index in [1.165, 1.54) is 25.3 Å². The summed E-state index contributed by atoms with van der Waals surface area (Å²) in [4.78, 5) is 2.31. The van der Waals surface area contributed by atoms with Crippen LogP contribution in [0.5, 0.6) is 0 Å². The van der Waals surface area contributed by atoms with Gasteiger partial charge in [-0.1, -0.05) is 31.0 Å². The zero-order chi connectivity index (χ0) is 14.4. The Morgan fingerprint density at radius 2 is 2.25 bits per heavy atom. The first-order chi connectivity index (χ1) is 9.70. The summed E-state index contributed by atoms with van der Waals surface area (Å²) in [6, 6.07) is 5.45. The molecular formula is C16H24ClFN2. The van der Waals surface area contributed by atoms with Gasteiger partial charge in [0.2, 0.25) is 0 Å². The Bertz CT molecular complexity index is 399. The van der Waals surface area contributed by atoms with Gasteiger partial charge in [-0.25, -0.2) is 4.39 Å². The van der Waals surface area contributed by atoms with Gasteiger partial charge in [-0.15, -0.1) is 0 Å². The van der Waals surface area contributed by atoms with Gasteiger partial charge in [0, 0.05) is 29.7 Å². The Morgan fingerprint density at radius 1 is 1.40 bits per heavy atom. The Labute approximate surface area is 126 Å². The van der Waals surface area contributed by atoms with E-state index in [9.17, 15) is 4.39 Å². The number of piperidine rings is 1. The zero-order valence-electron chi connectivity index (χ0n) is 12.2. The van der Waals surface area contributed by atoms with Crippen molar-refractivity contribution in [3.63, 3.8) is 0 Å². The second kappa shape index (κ2) is 7.96. The van der Waals surface area contributed by atoms with Crippen molar-refractivity contribution in [1.29, 1.82) is 0 Å². The molecule has 1 saturated heterocycles. The molecule has 0 saturated carbocycles. The third-order valence-corrected chi connectivity index (χ3v) is 4.23.